The van der Waals surface area contributed by atoms with Crippen LogP contribution >= 0.6 is 34.5 Å². The van der Waals surface area contributed by atoms with Gasteiger partial charge >= 0.3 is 0 Å². The van der Waals surface area contributed by atoms with Crippen molar-refractivity contribution in [3.63, 3.8) is 0 Å². The van der Waals surface area contributed by atoms with Gasteiger partial charge in [0.2, 0.25) is 0 Å². The van der Waals surface area contributed by atoms with E-state index in [-0.39, 0.29) is 24.5 Å². The number of aromatic nitrogens is 2. The molecule has 0 radical (unpaired) electrons. The van der Waals surface area contributed by atoms with Gasteiger partial charge in [0.1, 0.15) is 22.1 Å². The summed E-state index contributed by atoms with van der Waals surface area (Å²) in [5.41, 5.74) is 3.07. The van der Waals surface area contributed by atoms with E-state index in [1.54, 1.807) is 11.3 Å². The zero-order chi connectivity index (χ0) is 26.0. The van der Waals surface area contributed by atoms with Crippen molar-refractivity contribution in [3.05, 3.63) is 68.3 Å². The molecule has 38 heavy (non-hydrogen) atoms. The van der Waals surface area contributed by atoms with Gasteiger partial charge in [-0.3, -0.25) is 0 Å². The fraction of sp³-hybridized carbons (Fsp3) is 0.448. The number of hydrogen-bond acceptors (Lipinski definition) is 7. The van der Waals surface area contributed by atoms with Crippen molar-refractivity contribution in [1.82, 2.24) is 10.1 Å². The highest BCUT2D eigenvalue weighted by molar-refractivity contribution is 7.18. The molecule has 4 aromatic rings. The zero-order valence-corrected chi connectivity index (χ0v) is 23.0. The molecule has 2 aromatic heterocycles. The number of thiazole rings is 1. The Morgan fingerprint density at radius 1 is 1.05 bits per heavy atom. The Morgan fingerprint density at radius 3 is 2.47 bits per heavy atom. The number of hydrogen-bond donors (Lipinski definition) is 2. The van der Waals surface area contributed by atoms with E-state index in [0.717, 1.165) is 70.6 Å². The van der Waals surface area contributed by atoms with Gasteiger partial charge in [-0.2, -0.15) is 0 Å². The Bertz CT molecular complexity index is 1480. The fourth-order valence-corrected chi connectivity index (χ4v) is 8.33. The quantitative estimate of drug-likeness (QED) is 0.244. The molecule has 2 bridgehead atoms. The van der Waals surface area contributed by atoms with E-state index in [2.05, 4.69) is 5.16 Å². The second kappa shape index (κ2) is 9.58. The van der Waals surface area contributed by atoms with E-state index in [0.29, 0.717) is 33.8 Å². The molecule has 0 amide bonds. The lowest BCUT2D eigenvalue weighted by molar-refractivity contribution is -0.116. The summed E-state index contributed by atoms with van der Waals surface area (Å²) in [6.07, 6.45) is 5.66. The molecule has 6 nitrogen and oxygen atoms in total. The highest BCUT2D eigenvalue weighted by Crippen LogP contribution is 2.57. The molecule has 4 atom stereocenters. The molecule has 0 aliphatic heterocycles. The van der Waals surface area contributed by atoms with Crippen LogP contribution in [0.3, 0.4) is 0 Å². The third-order valence-electron chi connectivity index (χ3n) is 8.61. The van der Waals surface area contributed by atoms with Crippen molar-refractivity contribution in [2.45, 2.75) is 69.4 Å². The third-order valence-corrected chi connectivity index (χ3v) is 10.4. The Labute approximate surface area is 234 Å². The van der Waals surface area contributed by atoms with Crippen LogP contribution in [0.15, 0.2) is 40.9 Å². The number of halogens is 2. The molecule has 198 valence electrons. The first-order chi connectivity index (χ1) is 18.5. The van der Waals surface area contributed by atoms with Crippen LogP contribution in [-0.4, -0.2) is 26.5 Å². The summed E-state index contributed by atoms with van der Waals surface area (Å²) in [5.74, 6) is 1.43. The van der Waals surface area contributed by atoms with Crippen molar-refractivity contribution in [1.29, 1.82) is 0 Å². The maximum absolute atomic E-state index is 12.0. The first-order valence-electron chi connectivity index (χ1n) is 13.2. The van der Waals surface area contributed by atoms with Gasteiger partial charge in [0, 0.05) is 17.0 Å². The maximum atomic E-state index is 12.0. The summed E-state index contributed by atoms with van der Waals surface area (Å²) in [6.45, 7) is 0.372. The molecule has 7 rings (SSSR count). The molecular weight excluding hydrogens is 543 g/mol. The van der Waals surface area contributed by atoms with Gasteiger partial charge in [-0.15, -0.1) is 11.3 Å². The predicted octanol–water partition coefficient (Wildman–Crippen LogP) is 7.22. The summed E-state index contributed by atoms with van der Waals surface area (Å²) < 4.78 is 13.4. The van der Waals surface area contributed by atoms with Crippen LogP contribution in [0.1, 0.15) is 66.3 Å². The minimum atomic E-state index is -0.935. The fourth-order valence-electron chi connectivity index (χ4n) is 6.48. The average Bonchev–Trinajstić information content (AvgIpc) is 3.50. The number of aliphatic hydroxyl groups excluding tert-OH is 1. The van der Waals surface area contributed by atoms with Crippen LogP contribution in [0.5, 0.6) is 0 Å². The molecule has 2 unspecified atom stereocenters. The van der Waals surface area contributed by atoms with E-state index in [1.165, 1.54) is 0 Å². The van der Waals surface area contributed by atoms with Gasteiger partial charge in [-0.05, 0) is 80.2 Å². The van der Waals surface area contributed by atoms with Crippen molar-refractivity contribution in [3.8, 4) is 11.3 Å². The largest absolute Gasteiger partial charge is 0.392 e. The lowest BCUT2D eigenvalue weighted by Crippen LogP contribution is -2.44. The first-order valence-corrected chi connectivity index (χ1v) is 14.8. The molecule has 3 saturated carbocycles. The van der Waals surface area contributed by atoms with Crippen molar-refractivity contribution in [2.24, 2.45) is 11.8 Å². The monoisotopic (exact) mass is 570 g/mol. The van der Waals surface area contributed by atoms with E-state index >= 15 is 0 Å². The topological polar surface area (TPSA) is 88.6 Å². The van der Waals surface area contributed by atoms with Gasteiger partial charge in [-0.25, -0.2) is 4.98 Å². The summed E-state index contributed by atoms with van der Waals surface area (Å²) in [4.78, 5) is 4.84. The minimum absolute atomic E-state index is 0.00322. The Balaban J connectivity index is 1.13. The van der Waals surface area contributed by atoms with Crippen molar-refractivity contribution in [2.75, 3.05) is 0 Å². The number of aliphatic hydroxyl groups is 2. The number of rotatable bonds is 7. The van der Waals surface area contributed by atoms with Crippen LogP contribution in [0.2, 0.25) is 10.0 Å². The summed E-state index contributed by atoms with van der Waals surface area (Å²) >= 11 is 14.6. The predicted molar refractivity (Wildman–Crippen MR) is 147 cm³/mol. The number of nitrogens with zero attached hydrogens (tertiary/aromatic N) is 2. The maximum Gasteiger partial charge on any atom is 0.145 e. The van der Waals surface area contributed by atoms with Crippen LogP contribution in [0.4, 0.5) is 0 Å². The number of fused-ring (bicyclic) bond motifs is 3. The van der Waals surface area contributed by atoms with E-state index in [4.69, 9.17) is 37.4 Å². The molecule has 3 fully saturated rings. The normalized spacial score (nSPS) is 26.9. The van der Waals surface area contributed by atoms with Gasteiger partial charge in [0.15, 0.2) is 0 Å². The molecule has 2 aromatic carbocycles. The molecule has 3 aliphatic rings. The van der Waals surface area contributed by atoms with Crippen LogP contribution < -0.4 is 0 Å². The standard InChI is InChI=1S/C29H28Cl2N2O4S/c30-21-2-1-3-22(31)25(21)26-20(27(37-33-26)16-5-6-16)14-36-19-11-17-7-8-18(12-19)29(17,35)28-32-23-9-4-15(13-34)10-24(23)38-28/h1-4,9-10,16-19,34-35H,5-8,11-14H2/t17-,18+,19?,29?. The summed E-state index contributed by atoms with van der Waals surface area (Å²) in [6, 6.07) is 11.2. The summed E-state index contributed by atoms with van der Waals surface area (Å²) in [7, 11) is 0. The Kier molecular flexibility index (Phi) is 6.30. The Morgan fingerprint density at radius 2 is 1.79 bits per heavy atom. The highest BCUT2D eigenvalue weighted by Gasteiger charge is 2.56. The minimum Gasteiger partial charge on any atom is -0.392 e. The number of ether oxygens (including phenoxy) is 1. The summed E-state index contributed by atoms with van der Waals surface area (Å²) in [5, 5.41) is 27.8. The molecule has 9 heteroatoms. The van der Waals surface area contributed by atoms with E-state index in [9.17, 15) is 10.2 Å². The van der Waals surface area contributed by atoms with Crippen LogP contribution in [-0.2, 0) is 23.6 Å². The zero-order valence-electron chi connectivity index (χ0n) is 20.7. The molecule has 2 heterocycles. The van der Waals surface area contributed by atoms with Crippen molar-refractivity contribution < 1.29 is 19.5 Å². The van der Waals surface area contributed by atoms with Gasteiger partial charge < -0.3 is 19.5 Å². The third kappa shape index (κ3) is 4.10. The second-order valence-corrected chi connectivity index (χ2v) is 12.8. The first kappa shape index (κ1) is 25.0. The Hall–Kier alpha value is -2.00. The molecular formula is C29H28Cl2N2O4S. The van der Waals surface area contributed by atoms with Crippen molar-refractivity contribution >= 4 is 44.8 Å². The van der Waals surface area contributed by atoms with Crippen LogP contribution in [0.25, 0.3) is 21.5 Å². The smallest absolute Gasteiger partial charge is 0.145 e. The molecule has 0 saturated heterocycles. The SMILES string of the molecule is OCc1ccc2nc(C3(O)[C@@H]4CC[C@H]3CC(OCc3c(-c5c(Cl)cccc5Cl)noc3C3CC3)C4)sc2c1. The second-order valence-electron chi connectivity index (χ2n) is 10.9. The van der Waals surface area contributed by atoms with E-state index < -0.39 is 5.60 Å². The van der Waals surface area contributed by atoms with Gasteiger partial charge in [0.25, 0.3) is 0 Å². The number of benzene rings is 2. The highest BCUT2D eigenvalue weighted by atomic mass is 35.5. The van der Waals surface area contributed by atoms with Gasteiger partial charge in [0.05, 0.1) is 39.6 Å². The van der Waals surface area contributed by atoms with Gasteiger partial charge in [-0.1, -0.05) is 40.5 Å². The lowest BCUT2D eigenvalue weighted by atomic mass is 9.73. The lowest BCUT2D eigenvalue weighted by Gasteiger charge is -2.41. The van der Waals surface area contributed by atoms with E-state index in [1.807, 2.05) is 36.4 Å². The molecule has 0 spiro atoms. The average molecular weight is 572 g/mol. The molecule has 3 aliphatic carbocycles. The van der Waals surface area contributed by atoms with Crippen LogP contribution in [0, 0.1) is 11.8 Å². The molecule has 2 N–H and O–H groups in total.